The van der Waals surface area contributed by atoms with Gasteiger partial charge in [0.15, 0.2) is 0 Å². The number of fused-ring (bicyclic) bond motifs is 1. The molecule has 156 valence electrons. The predicted octanol–water partition coefficient (Wildman–Crippen LogP) is 3.92. The van der Waals surface area contributed by atoms with Gasteiger partial charge in [0.2, 0.25) is 0 Å². The summed E-state index contributed by atoms with van der Waals surface area (Å²) < 4.78 is 18.7. The molecule has 1 aliphatic rings. The van der Waals surface area contributed by atoms with Gasteiger partial charge in [0, 0.05) is 0 Å². The zero-order valence-electron chi connectivity index (χ0n) is 16.7. The normalized spacial score (nSPS) is 15.7. The zero-order chi connectivity index (χ0) is 21.1. The summed E-state index contributed by atoms with van der Waals surface area (Å²) in [6.07, 6.45) is 7.14. The van der Waals surface area contributed by atoms with Crippen molar-refractivity contribution >= 4 is 29.0 Å². The molecule has 1 fully saturated rings. The SMILES string of the molecule is COc1c(C(=O)NC2(CO)CCCC2)ccc2n[nH]c(/C=C/c3ccc(F)cc3)c12. The van der Waals surface area contributed by atoms with E-state index in [0.29, 0.717) is 27.9 Å². The first-order valence-electron chi connectivity index (χ1n) is 9.97. The Bertz CT molecular complexity index is 1080. The van der Waals surface area contributed by atoms with Gasteiger partial charge in [-0.15, -0.1) is 0 Å². The number of aliphatic hydroxyl groups is 1. The summed E-state index contributed by atoms with van der Waals surface area (Å²) in [7, 11) is 1.52. The van der Waals surface area contributed by atoms with E-state index in [9.17, 15) is 14.3 Å². The number of carbonyl (C=O) groups is 1. The highest BCUT2D eigenvalue weighted by molar-refractivity contribution is 6.05. The van der Waals surface area contributed by atoms with Crippen molar-refractivity contribution in [1.29, 1.82) is 0 Å². The molecule has 0 unspecified atom stereocenters. The van der Waals surface area contributed by atoms with E-state index in [4.69, 9.17) is 4.74 Å². The van der Waals surface area contributed by atoms with Crippen LogP contribution in [-0.4, -0.2) is 40.5 Å². The fourth-order valence-electron chi connectivity index (χ4n) is 4.05. The standard InChI is InChI=1S/C23H24FN3O3/c1-30-21-17(22(29)25-23(14-28)12-2-3-13-23)9-11-19-20(21)18(26-27-19)10-6-15-4-7-16(24)8-5-15/h4-11,28H,2-3,12-14H2,1H3,(H,25,29)(H,26,27)/b10-6+. The van der Waals surface area contributed by atoms with E-state index in [1.807, 2.05) is 12.2 Å². The van der Waals surface area contributed by atoms with Gasteiger partial charge in [-0.05, 0) is 48.7 Å². The summed E-state index contributed by atoms with van der Waals surface area (Å²) in [5.41, 5.74) is 2.00. The smallest absolute Gasteiger partial charge is 0.255 e. The van der Waals surface area contributed by atoms with Gasteiger partial charge in [-0.1, -0.05) is 31.1 Å². The quantitative estimate of drug-likeness (QED) is 0.576. The van der Waals surface area contributed by atoms with E-state index in [0.717, 1.165) is 31.2 Å². The lowest BCUT2D eigenvalue weighted by molar-refractivity contribution is 0.0836. The van der Waals surface area contributed by atoms with E-state index in [1.165, 1.54) is 19.2 Å². The first kappa shape index (κ1) is 20.1. The molecule has 1 aliphatic carbocycles. The average Bonchev–Trinajstić information content (AvgIpc) is 3.40. The molecular weight excluding hydrogens is 385 g/mol. The van der Waals surface area contributed by atoms with Gasteiger partial charge < -0.3 is 15.2 Å². The number of methoxy groups -OCH3 is 1. The van der Waals surface area contributed by atoms with Crippen molar-refractivity contribution in [1.82, 2.24) is 15.5 Å². The molecule has 1 heterocycles. The molecule has 6 nitrogen and oxygen atoms in total. The number of hydrogen-bond acceptors (Lipinski definition) is 4. The molecule has 0 radical (unpaired) electrons. The number of ether oxygens (including phenoxy) is 1. The first-order valence-corrected chi connectivity index (χ1v) is 9.97. The van der Waals surface area contributed by atoms with Crippen LogP contribution in [0.4, 0.5) is 4.39 Å². The minimum atomic E-state index is -0.571. The number of aromatic nitrogens is 2. The number of aliphatic hydroxyl groups excluding tert-OH is 1. The number of nitrogens with one attached hydrogen (secondary N) is 2. The van der Waals surface area contributed by atoms with E-state index in [2.05, 4.69) is 15.5 Å². The Morgan fingerprint density at radius 2 is 1.97 bits per heavy atom. The highest BCUT2D eigenvalue weighted by atomic mass is 19.1. The Kier molecular flexibility index (Phi) is 5.55. The number of benzene rings is 2. The minimum absolute atomic E-state index is 0.0827. The number of amides is 1. The summed E-state index contributed by atoms with van der Waals surface area (Å²) in [5, 5.41) is 20.8. The van der Waals surface area contributed by atoms with Crippen LogP contribution in [0.5, 0.6) is 5.75 Å². The molecule has 0 spiro atoms. The Balaban J connectivity index is 1.69. The van der Waals surface area contributed by atoms with E-state index in [-0.39, 0.29) is 18.3 Å². The van der Waals surface area contributed by atoms with Crippen LogP contribution in [0.1, 0.15) is 47.3 Å². The number of carbonyl (C=O) groups excluding carboxylic acids is 1. The first-order chi connectivity index (χ1) is 14.5. The molecule has 1 amide bonds. The maximum atomic E-state index is 13.1. The van der Waals surface area contributed by atoms with Crippen molar-refractivity contribution in [2.45, 2.75) is 31.2 Å². The summed E-state index contributed by atoms with van der Waals surface area (Å²) in [5.74, 6) is -0.151. The zero-order valence-corrected chi connectivity index (χ0v) is 16.7. The van der Waals surface area contributed by atoms with Crippen LogP contribution in [0.3, 0.4) is 0 Å². The van der Waals surface area contributed by atoms with Crippen LogP contribution >= 0.6 is 0 Å². The van der Waals surface area contributed by atoms with Crippen LogP contribution in [0.15, 0.2) is 36.4 Å². The van der Waals surface area contributed by atoms with Crippen LogP contribution in [-0.2, 0) is 0 Å². The molecule has 1 aromatic heterocycles. The molecule has 3 aromatic rings. The Hall–Kier alpha value is -3.19. The highest BCUT2D eigenvalue weighted by Gasteiger charge is 2.35. The summed E-state index contributed by atoms with van der Waals surface area (Å²) >= 11 is 0. The molecule has 2 aromatic carbocycles. The number of nitrogens with zero attached hydrogens (tertiary/aromatic N) is 1. The van der Waals surface area contributed by atoms with Gasteiger partial charge in [0.05, 0.1) is 41.4 Å². The molecule has 4 rings (SSSR count). The fourth-order valence-corrected chi connectivity index (χ4v) is 4.05. The predicted molar refractivity (Wildman–Crippen MR) is 114 cm³/mol. The van der Waals surface area contributed by atoms with Crippen molar-refractivity contribution in [3.63, 3.8) is 0 Å². The van der Waals surface area contributed by atoms with Gasteiger partial charge in [0.25, 0.3) is 5.91 Å². The topological polar surface area (TPSA) is 87.2 Å². The third-order valence-electron chi connectivity index (χ3n) is 5.71. The molecule has 0 saturated heterocycles. The third-order valence-corrected chi connectivity index (χ3v) is 5.71. The molecular formula is C23H24FN3O3. The number of rotatable bonds is 6. The van der Waals surface area contributed by atoms with Crippen molar-refractivity contribution in [2.24, 2.45) is 0 Å². The third kappa shape index (κ3) is 3.80. The number of aromatic amines is 1. The molecule has 30 heavy (non-hydrogen) atoms. The Morgan fingerprint density at radius 1 is 1.23 bits per heavy atom. The van der Waals surface area contributed by atoms with Crippen molar-refractivity contribution in [3.8, 4) is 5.75 Å². The van der Waals surface area contributed by atoms with Crippen LogP contribution in [0.2, 0.25) is 0 Å². The number of H-pyrrole nitrogens is 1. The minimum Gasteiger partial charge on any atom is -0.495 e. The maximum absolute atomic E-state index is 13.1. The van der Waals surface area contributed by atoms with Gasteiger partial charge in [0.1, 0.15) is 11.6 Å². The van der Waals surface area contributed by atoms with Crippen LogP contribution in [0, 0.1) is 5.82 Å². The lowest BCUT2D eigenvalue weighted by atomic mass is 9.97. The average molecular weight is 409 g/mol. The second-order valence-electron chi connectivity index (χ2n) is 7.66. The molecule has 7 heteroatoms. The van der Waals surface area contributed by atoms with E-state index >= 15 is 0 Å². The van der Waals surface area contributed by atoms with Crippen molar-refractivity contribution in [2.75, 3.05) is 13.7 Å². The molecule has 3 N–H and O–H groups in total. The van der Waals surface area contributed by atoms with Gasteiger partial charge in [-0.3, -0.25) is 9.89 Å². The monoisotopic (exact) mass is 409 g/mol. The van der Waals surface area contributed by atoms with Gasteiger partial charge in [-0.25, -0.2) is 4.39 Å². The van der Waals surface area contributed by atoms with Crippen LogP contribution < -0.4 is 10.1 Å². The van der Waals surface area contributed by atoms with Crippen molar-refractivity contribution < 1.29 is 19.0 Å². The summed E-state index contributed by atoms with van der Waals surface area (Å²) in [6.45, 7) is -0.0827. The van der Waals surface area contributed by atoms with Gasteiger partial charge >= 0.3 is 0 Å². The number of halogens is 1. The Labute approximate surface area is 173 Å². The lowest BCUT2D eigenvalue weighted by Crippen LogP contribution is -2.49. The lowest BCUT2D eigenvalue weighted by Gasteiger charge is -2.28. The maximum Gasteiger partial charge on any atom is 0.255 e. The van der Waals surface area contributed by atoms with Gasteiger partial charge in [-0.2, -0.15) is 5.10 Å². The summed E-state index contributed by atoms with van der Waals surface area (Å²) in [4.78, 5) is 13.0. The largest absolute Gasteiger partial charge is 0.495 e. The molecule has 0 bridgehead atoms. The second kappa shape index (κ2) is 8.28. The molecule has 0 atom stereocenters. The Morgan fingerprint density at radius 3 is 2.63 bits per heavy atom. The van der Waals surface area contributed by atoms with E-state index < -0.39 is 5.54 Å². The number of hydrogen-bond donors (Lipinski definition) is 3. The molecule has 0 aliphatic heterocycles. The second-order valence-corrected chi connectivity index (χ2v) is 7.66. The van der Waals surface area contributed by atoms with Crippen molar-refractivity contribution in [3.05, 3.63) is 59.0 Å². The highest BCUT2D eigenvalue weighted by Crippen LogP contribution is 2.34. The fraction of sp³-hybridized carbons (Fsp3) is 0.304. The summed E-state index contributed by atoms with van der Waals surface area (Å²) in [6, 6.07) is 9.60. The van der Waals surface area contributed by atoms with E-state index in [1.54, 1.807) is 24.3 Å². The molecule has 1 saturated carbocycles. The van der Waals surface area contributed by atoms with Crippen LogP contribution in [0.25, 0.3) is 23.1 Å².